The first-order chi connectivity index (χ1) is 8.60. The minimum absolute atomic E-state index is 0.0676. The second kappa shape index (κ2) is 7.57. The van der Waals surface area contributed by atoms with Gasteiger partial charge in [-0.15, -0.1) is 0 Å². The van der Waals surface area contributed by atoms with Crippen molar-refractivity contribution >= 4 is 11.8 Å². The molecule has 0 radical (unpaired) electrons. The van der Waals surface area contributed by atoms with Gasteiger partial charge in [-0.2, -0.15) is 0 Å². The highest BCUT2D eigenvalue weighted by atomic mass is 16.4. The predicted molar refractivity (Wildman–Crippen MR) is 70.7 cm³/mol. The Morgan fingerprint density at radius 3 is 2.11 bits per heavy atom. The number of nitrogens with zero attached hydrogens (tertiary/aromatic N) is 1. The average Bonchev–Trinajstić information content (AvgIpc) is 2.20. The molecule has 0 aliphatic heterocycles. The van der Waals surface area contributed by atoms with E-state index in [0.29, 0.717) is 23.7 Å². The molecular weight excluding hydrogens is 250 g/mol. The molecule has 1 atom stereocenters. The summed E-state index contributed by atoms with van der Waals surface area (Å²) in [7, 11) is 5.39. The fourth-order valence-corrected chi connectivity index (χ4v) is 2.08. The fraction of sp³-hybridized carbons (Fsp3) is 0.846. The Bertz CT molecular complexity index is 311. The van der Waals surface area contributed by atoms with Crippen molar-refractivity contribution in [1.29, 1.82) is 0 Å². The van der Waals surface area contributed by atoms with Gasteiger partial charge in [0.05, 0.1) is 27.6 Å². The lowest BCUT2D eigenvalue weighted by molar-refractivity contribution is -0.875. The maximum Gasteiger partial charge on any atom is 0.306 e. The molecule has 0 heterocycles. The van der Waals surface area contributed by atoms with Gasteiger partial charge in [0.15, 0.2) is 11.4 Å². The van der Waals surface area contributed by atoms with Crippen molar-refractivity contribution in [3.8, 4) is 0 Å². The zero-order valence-corrected chi connectivity index (χ0v) is 12.1. The number of hydrogen-bond acceptors (Lipinski definition) is 4. The topological polar surface area (TPSA) is 94.8 Å². The number of quaternary nitrogens is 1. The van der Waals surface area contributed by atoms with Crippen LogP contribution in [-0.4, -0.2) is 71.5 Å². The standard InChI is InChI=1S/C13H25NO5/c1-14(2,3)10-13(19,9-12(17)18)11(16)7-5-4-6-8-15/h15,19H,4-10H2,1-3H3/p+1/t13-/m1/s1. The number of rotatable bonds is 10. The van der Waals surface area contributed by atoms with E-state index in [1.54, 1.807) is 21.1 Å². The number of unbranched alkanes of at least 4 members (excludes halogenated alkanes) is 2. The summed E-state index contributed by atoms with van der Waals surface area (Å²) in [5.41, 5.74) is -1.82. The Morgan fingerprint density at radius 1 is 1.11 bits per heavy atom. The summed E-state index contributed by atoms with van der Waals surface area (Å²) < 4.78 is 0.312. The maximum absolute atomic E-state index is 12.1. The summed E-state index contributed by atoms with van der Waals surface area (Å²) in [5.74, 6) is -1.61. The summed E-state index contributed by atoms with van der Waals surface area (Å²) in [6.45, 7) is 0.143. The first-order valence-corrected chi connectivity index (χ1v) is 6.49. The van der Waals surface area contributed by atoms with E-state index < -0.39 is 23.8 Å². The van der Waals surface area contributed by atoms with Crippen LogP contribution >= 0.6 is 0 Å². The Hall–Kier alpha value is -0.980. The van der Waals surface area contributed by atoms with Crippen LogP contribution in [-0.2, 0) is 9.59 Å². The highest BCUT2D eigenvalue weighted by Crippen LogP contribution is 2.19. The van der Waals surface area contributed by atoms with Gasteiger partial charge in [0.2, 0.25) is 0 Å². The Kier molecular flexibility index (Phi) is 7.18. The molecule has 0 aromatic carbocycles. The van der Waals surface area contributed by atoms with E-state index in [1.807, 2.05) is 0 Å². The van der Waals surface area contributed by atoms with Crippen LogP contribution in [0.2, 0.25) is 0 Å². The Morgan fingerprint density at radius 2 is 1.68 bits per heavy atom. The lowest BCUT2D eigenvalue weighted by Gasteiger charge is -2.33. The number of likely N-dealkylation sites (N-methyl/N-ethyl adjacent to an activating group) is 1. The molecule has 0 rings (SSSR count). The summed E-state index contributed by atoms with van der Waals surface area (Å²) >= 11 is 0. The predicted octanol–water partition coefficient (Wildman–Crippen LogP) is 0.0202. The third-order valence-corrected chi connectivity index (χ3v) is 2.76. The van der Waals surface area contributed by atoms with Crippen molar-refractivity contribution in [2.24, 2.45) is 0 Å². The van der Waals surface area contributed by atoms with Gasteiger partial charge in [0, 0.05) is 13.0 Å². The van der Waals surface area contributed by atoms with Gasteiger partial charge >= 0.3 is 5.97 Å². The fourth-order valence-electron chi connectivity index (χ4n) is 2.08. The third kappa shape index (κ3) is 7.92. The van der Waals surface area contributed by atoms with Crippen LogP contribution in [0, 0.1) is 0 Å². The van der Waals surface area contributed by atoms with E-state index in [0.717, 1.165) is 0 Å². The number of Topliss-reactive ketones (excluding diaryl/α,β-unsaturated/α-hetero) is 1. The van der Waals surface area contributed by atoms with Gasteiger partial charge in [0.25, 0.3) is 0 Å². The molecule has 0 aromatic rings. The van der Waals surface area contributed by atoms with Crippen LogP contribution < -0.4 is 0 Å². The second-order valence-electron chi connectivity index (χ2n) is 6.01. The number of carboxylic acids is 1. The van der Waals surface area contributed by atoms with Crippen molar-refractivity contribution in [1.82, 2.24) is 0 Å². The van der Waals surface area contributed by atoms with Crippen molar-refractivity contribution in [3.63, 3.8) is 0 Å². The van der Waals surface area contributed by atoms with Crippen LogP contribution in [0.3, 0.4) is 0 Å². The van der Waals surface area contributed by atoms with E-state index in [-0.39, 0.29) is 19.6 Å². The smallest absolute Gasteiger partial charge is 0.306 e. The minimum Gasteiger partial charge on any atom is -0.481 e. The molecule has 6 nitrogen and oxygen atoms in total. The van der Waals surface area contributed by atoms with Crippen molar-refractivity contribution < 1.29 is 29.4 Å². The molecule has 112 valence electrons. The quantitative estimate of drug-likeness (QED) is 0.386. The summed E-state index contributed by atoms with van der Waals surface area (Å²) in [4.78, 5) is 22.9. The van der Waals surface area contributed by atoms with E-state index in [4.69, 9.17) is 10.2 Å². The lowest BCUT2D eigenvalue weighted by Crippen LogP contribution is -2.54. The van der Waals surface area contributed by atoms with Crippen molar-refractivity contribution in [3.05, 3.63) is 0 Å². The zero-order chi connectivity index (χ0) is 15.1. The van der Waals surface area contributed by atoms with E-state index >= 15 is 0 Å². The highest BCUT2D eigenvalue weighted by Gasteiger charge is 2.42. The van der Waals surface area contributed by atoms with Gasteiger partial charge in [-0.1, -0.05) is 6.42 Å². The van der Waals surface area contributed by atoms with Gasteiger partial charge < -0.3 is 19.8 Å². The summed E-state index contributed by atoms with van der Waals surface area (Å²) in [6.07, 6.45) is 1.43. The van der Waals surface area contributed by atoms with Gasteiger partial charge in [-0.25, -0.2) is 0 Å². The molecule has 0 fully saturated rings. The molecule has 0 spiro atoms. The van der Waals surface area contributed by atoms with Crippen molar-refractivity contribution in [2.75, 3.05) is 34.3 Å². The molecule has 0 aliphatic rings. The number of carbonyl (C=O) groups excluding carboxylic acids is 1. The number of aliphatic hydroxyl groups is 2. The number of hydrogen-bond donors (Lipinski definition) is 3. The minimum atomic E-state index is -1.82. The van der Waals surface area contributed by atoms with Gasteiger partial charge in [0.1, 0.15) is 6.54 Å². The van der Waals surface area contributed by atoms with E-state index in [2.05, 4.69) is 0 Å². The largest absolute Gasteiger partial charge is 0.481 e. The second-order valence-corrected chi connectivity index (χ2v) is 6.01. The zero-order valence-electron chi connectivity index (χ0n) is 12.1. The summed E-state index contributed by atoms with van der Waals surface area (Å²) in [5, 5.41) is 27.8. The third-order valence-electron chi connectivity index (χ3n) is 2.76. The molecule has 19 heavy (non-hydrogen) atoms. The van der Waals surface area contributed by atoms with Crippen LogP contribution in [0.4, 0.5) is 0 Å². The molecule has 0 aromatic heterocycles. The average molecular weight is 276 g/mol. The van der Waals surface area contributed by atoms with Crippen LogP contribution in [0.5, 0.6) is 0 Å². The molecule has 0 saturated heterocycles. The maximum atomic E-state index is 12.1. The first kappa shape index (κ1) is 18.0. The molecule has 0 saturated carbocycles. The molecule has 0 amide bonds. The van der Waals surface area contributed by atoms with Crippen molar-refractivity contribution in [2.45, 2.75) is 37.7 Å². The molecule has 3 N–H and O–H groups in total. The monoisotopic (exact) mass is 276 g/mol. The number of aliphatic hydroxyl groups excluding tert-OH is 1. The molecule has 0 unspecified atom stereocenters. The van der Waals surface area contributed by atoms with E-state index in [1.165, 1.54) is 0 Å². The number of ketones is 1. The Balaban J connectivity index is 4.64. The number of carboxylic acid groups (broad SMARTS) is 1. The van der Waals surface area contributed by atoms with E-state index in [9.17, 15) is 14.7 Å². The molecule has 0 aliphatic carbocycles. The van der Waals surface area contributed by atoms with Gasteiger partial charge in [-0.3, -0.25) is 9.59 Å². The van der Waals surface area contributed by atoms with Gasteiger partial charge in [-0.05, 0) is 12.8 Å². The van der Waals surface area contributed by atoms with Crippen LogP contribution in [0.25, 0.3) is 0 Å². The first-order valence-electron chi connectivity index (χ1n) is 6.49. The molecule has 0 bridgehead atoms. The summed E-state index contributed by atoms with van der Waals surface area (Å²) in [6, 6.07) is 0. The highest BCUT2D eigenvalue weighted by molar-refractivity contribution is 5.90. The SMILES string of the molecule is C[N+](C)(C)C[C@](O)(CC(=O)O)C(=O)CCCCCO. The molecule has 6 heteroatoms. The molecular formula is C13H26NO5+. The van der Waals surface area contributed by atoms with Crippen LogP contribution in [0.15, 0.2) is 0 Å². The number of carbonyl (C=O) groups is 2. The lowest BCUT2D eigenvalue weighted by atomic mass is 9.89. The Labute approximate surface area is 114 Å². The number of aliphatic carboxylic acids is 1. The van der Waals surface area contributed by atoms with Crippen LogP contribution in [0.1, 0.15) is 32.1 Å². The normalized spacial score (nSPS) is 15.0.